The number of carbonyl (C=O) groups excluding carboxylic acids is 2. The van der Waals surface area contributed by atoms with Crippen molar-refractivity contribution >= 4 is 11.9 Å². The van der Waals surface area contributed by atoms with Gasteiger partial charge in [-0.3, -0.25) is 0 Å². The van der Waals surface area contributed by atoms with Crippen molar-refractivity contribution in [2.24, 2.45) is 11.8 Å². The molecule has 0 amide bonds. The molecule has 0 bridgehead atoms. The van der Waals surface area contributed by atoms with E-state index in [4.69, 9.17) is 9.47 Å². The number of esters is 2. The standard InChI is InChI=1S/C32H54O4/c1-7-13-17-25(11-5)23-35-31(33)29-22-21-27(19-15-9-3)28(20-16-10-4)30(29)32(34)36-24-26(12-6)18-14-8-2/h21-22,25-26H,7-20,23-24H2,1-6H3. The van der Waals surface area contributed by atoms with E-state index in [-0.39, 0.29) is 5.97 Å². The molecule has 206 valence electrons. The normalized spacial score (nSPS) is 12.8. The molecule has 1 aromatic rings. The Morgan fingerprint density at radius 1 is 0.667 bits per heavy atom. The number of hydrogen-bond acceptors (Lipinski definition) is 4. The Bertz CT molecular complexity index is 755. The molecule has 0 radical (unpaired) electrons. The lowest BCUT2D eigenvalue weighted by Crippen LogP contribution is -2.22. The summed E-state index contributed by atoms with van der Waals surface area (Å²) in [5.74, 6) is -0.0406. The van der Waals surface area contributed by atoms with Crippen molar-refractivity contribution in [3.05, 3.63) is 34.4 Å². The van der Waals surface area contributed by atoms with Gasteiger partial charge in [0.25, 0.3) is 0 Å². The third kappa shape index (κ3) is 11.0. The average Bonchev–Trinajstić information content (AvgIpc) is 2.90. The Labute approximate surface area is 221 Å². The smallest absolute Gasteiger partial charge is 0.339 e. The summed E-state index contributed by atoms with van der Waals surface area (Å²) in [7, 11) is 0. The first-order valence-electron chi connectivity index (χ1n) is 15.0. The third-order valence-electron chi connectivity index (χ3n) is 7.40. The van der Waals surface area contributed by atoms with Crippen molar-refractivity contribution < 1.29 is 19.1 Å². The fourth-order valence-corrected chi connectivity index (χ4v) is 4.67. The zero-order valence-electron chi connectivity index (χ0n) is 24.3. The lowest BCUT2D eigenvalue weighted by molar-refractivity contribution is 0.0380. The molecule has 0 saturated carbocycles. The van der Waals surface area contributed by atoms with E-state index < -0.39 is 5.97 Å². The molecule has 2 unspecified atom stereocenters. The van der Waals surface area contributed by atoms with Crippen molar-refractivity contribution in [3.8, 4) is 0 Å². The van der Waals surface area contributed by atoms with Gasteiger partial charge in [-0.05, 0) is 67.6 Å². The van der Waals surface area contributed by atoms with Crippen molar-refractivity contribution in [1.82, 2.24) is 0 Å². The summed E-state index contributed by atoms with van der Waals surface area (Å²) in [6, 6.07) is 3.85. The first-order valence-corrected chi connectivity index (χ1v) is 15.0. The van der Waals surface area contributed by atoms with E-state index in [0.717, 1.165) is 95.5 Å². The van der Waals surface area contributed by atoms with Gasteiger partial charge in [0.05, 0.1) is 24.3 Å². The molecule has 0 fully saturated rings. The van der Waals surface area contributed by atoms with Crippen molar-refractivity contribution in [2.45, 2.75) is 131 Å². The van der Waals surface area contributed by atoms with E-state index in [0.29, 0.717) is 36.2 Å². The first kappa shape index (κ1) is 32.2. The van der Waals surface area contributed by atoms with Crippen LogP contribution in [-0.4, -0.2) is 25.2 Å². The molecule has 0 N–H and O–H groups in total. The van der Waals surface area contributed by atoms with Crippen LogP contribution < -0.4 is 0 Å². The summed E-state index contributed by atoms with van der Waals surface area (Å²) in [5.41, 5.74) is 2.98. The van der Waals surface area contributed by atoms with Crippen LogP contribution in [0.4, 0.5) is 0 Å². The fraction of sp³-hybridized carbons (Fsp3) is 0.750. The van der Waals surface area contributed by atoms with Crippen LogP contribution in [0, 0.1) is 11.8 Å². The van der Waals surface area contributed by atoms with Crippen LogP contribution in [0.3, 0.4) is 0 Å². The number of carbonyl (C=O) groups is 2. The minimum atomic E-state index is -0.394. The quantitative estimate of drug-likeness (QED) is 0.167. The molecule has 0 spiro atoms. The SMILES string of the molecule is CCCCc1ccc(C(=O)OCC(CC)CCCC)c(C(=O)OCC(CC)CCCC)c1CCCC. The zero-order chi connectivity index (χ0) is 26.8. The molecule has 0 heterocycles. The minimum absolute atomic E-state index is 0.357. The summed E-state index contributed by atoms with van der Waals surface area (Å²) in [6.07, 6.45) is 14.5. The molecule has 0 aliphatic carbocycles. The molecule has 1 rings (SSSR count). The highest BCUT2D eigenvalue weighted by Gasteiger charge is 2.26. The highest BCUT2D eigenvalue weighted by atomic mass is 16.5. The fourth-order valence-electron chi connectivity index (χ4n) is 4.67. The predicted octanol–water partition coefficient (Wildman–Crippen LogP) is 9.12. The third-order valence-corrected chi connectivity index (χ3v) is 7.40. The second kappa shape index (κ2) is 19.3. The van der Waals surface area contributed by atoms with Crippen LogP contribution >= 0.6 is 0 Å². The topological polar surface area (TPSA) is 52.6 Å². The molecule has 0 aliphatic heterocycles. The van der Waals surface area contributed by atoms with Crippen LogP contribution in [0.1, 0.15) is 150 Å². The molecular formula is C32H54O4. The van der Waals surface area contributed by atoms with Gasteiger partial charge < -0.3 is 9.47 Å². The van der Waals surface area contributed by atoms with Gasteiger partial charge in [-0.25, -0.2) is 9.59 Å². The molecule has 2 atom stereocenters. The Morgan fingerprint density at radius 2 is 1.17 bits per heavy atom. The molecule has 4 heteroatoms. The largest absolute Gasteiger partial charge is 0.462 e. The van der Waals surface area contributed by atoms with Gasteiger partial charge in [0.1, 0.15) is 0 Å². The maximum absolute atomic E-state index is 13.6. The molecule has 4 nitrogen and oxygen atoms in total. The minimum Gasteiger partial charge on any atom is -0.462 e. The van der Waals surface area contributed by atoms with Gasteiger partial charge in [-0.2, -0.15) is 0 Å². The number of rotatable bonds is 20. The highest BCUT2D eigenvalue weighted by Crippen LogP contribution is 2.27. The van der Waals surface area contributed by atoms with Crippen LogP contribution in [0.15, 0.2) is 12.1 Å². The van der Waals surface area contributed by atoms with Crippen molar-refractivity contribution in [2.75, 3.05) is 13.2 Å². The monoisotopic (exact) mass is 502 g/mol. The Hall–Kier alpha value is -1.84. The number of unbranched alkanes of at least 4 members (excludes halogenated alkanes) is 4. The van der Waals surface area contributed by atoms with Crippen LogP contribution in [0.5, 0.6) is 0 Å². The van der Waals surface area contributed by atoms with E-state index in [9.17, 15) is 9.59 Å². The average molecular weight is 503 g/mol. The van der Waals surface area contributed by atoms with Gasteiger partial charge in [-0.1, -0.05) is 99.0 Å². The van der Waals surface area contributed by atoms with E-state index in [1.165, 1.54) is 5.56 Å². The molecule has 0 saturated heterocycles. The zero-order valence-corrected chi connectivity index (χ0v) is 24.3. The Balaban J connectivity index is 3.29. The first-order chi connectivity index (χ1) is 17.5. The maximum Gasteiger partial charge on any atom is 0.339 e. The summed E-state index contributed by atoms with van der Waals surface area (Å²) in [6.45, 7) is 13.8. The van der Waals surface area contributed by atoms with Gasteiger partial charge in [-0.15, -0.1) is 0 Å². The Kier molecular flexibility index (Phi) is 17.3. The number of ether oxygens (including phenoxy) is 2. The van der Waals surface area contributed by atoms with E-state index >= 15 is 0 Å². The molecule has 0 aliphatic rings. The molecule has 0 aromatic heterocycles. The van der Waals surface area contributed by atoms with Gasteiger partial charge in [0.2, 0.25) is 0 Å². The second-order valence-corrected chi connectivity index (χ2v) is 10.4. The van der Waals surface area contributed by atoms with Gasteiger partial charge >= 0.3 is 11.9 Å². The highest BCUT2D eigenvalue weighted by molar-refractivity contribution is 6.04. The lowest BCUT2D eigenvalue weighted by atomic mass is 9.90. The number of benzene rings is 1. The predicted molar refractivity (Wildman–Crippen MR) is 151 cm³/mol. The summed E-state index contributed by atoms with van der Waals surface area (Å²) in [5, 5.41) is 0. The number of aryl methyl sites for hydroxylation is 1. The summed E-state index contributed by atoms with van der Waals surface area (Å²) in [4.78, 5) is 26.9. The van der Waals surface area contributed by atoms with E-state index in [1.807, 2.05) is 6.07 Å². The van der Waals surface area contributed by atoms with Crippen LogP contribution in [0.25, 0.3) is 0 Å². The van der Waals surface area contributed by atoms with Crippen LogP contribution in [-0.2, 0) is 22.3 Å². The summed E-state index contributed by atoms with van der Waals surface area (Å²) < 4.78 is 11.7. The number of hydrogen-bond donors (Lipinski definition) is 0. The van der Waals surface area contributed by atoms with Crippen molar-refractivity contribution in [3.63, 3.8) is 0 Å². The second-order valence-electron chi connectivity index (χ2n) is 10.4. The van der Waals surface area contributed by atoms with Gasteiger partial charge in [0, 0.05) is 0 Å². The lowest BCUT2D eigenvalue weighted by Gasteiger charge is -2.20. The molecule has 36 heavy (non-hydrogen) atoms. The summed E-state index contributed by atoms with van der Waals surface area (Å²) >= 11 is 0. The van der Waals surface area contributed by atoms with Crippen molar-refractivity contribution in [1.29, 1.82) is 0 Å². The molecular weight excluding hydrogens is 448 g/mol. The maximum atomic E-state index is 13.6. The molecule has 1 aromatic carbocycles. The van der Waals surface area contributed by atoms with Crippen LogP contribution in [0.2, 0.25) is 0 Å². The van der Waals surface area contributed by atoms with E-state index in [2.05, 4.69) is 41.5 Å². The Morgan fingerprint density at radius 3 is 1.67 bits per heavy atom. The van der Waals surface area contributed by atoms with E-state index in [1.54, 1.807) is 6.07 Å². The van der Waals surface area contributed by atoms with Gasteiger partial charge in [0.15, 0.2) is 0 Å².